The number of hydrogen-bond donors (Lipinski definition) is 0. The molecule has 0 bridgehead atoms. The number of rotatable bonds is 3. The van der Waals surface area contributed by atoms with Crippen molar-refractivity contribution in [1.82, 2.24) is 4.98 Å². The van der Waals surface area contributed by atoms with Crippen LogP contribution in [0.25, 0.3) is 0 Å². The summed E-state index contributed by atoms with van der Waals surface area (Å²) >= 11 is 0. The largest absolute Gasteiger partial charge is 0.449 e. The van der Waals surface area contributed by atoms with Gasteiger partial charge in [0.2, 0.25) is 5.89 Å². The van der Waals surface area contributed by atoms with Crippen LogP contribution in [0.1, 0.15) is 5.89 Å². The summed E-state index contributed by atoms with van der Waals surface area (Å²) < 4.78 is 4.86. The number of nitrogens with zero attached hydrogens (tertiary/aromatic N) is 1. The van der Waals surface area contributed by atoms with E-state index >= 15 is 0 Å². The number of aromatic nitrogens is 1. The average molecular weight is 157 g/mol. The van der Waals surface area contributed by atoms with Gasteiger partial charge in [0, 0.05) is 6.16 Å². The van der Waals surface area contributed by atoms with Crippen molar-refractivity contribution in [3.63, 3.8) is 0 Å². The van der Waals surface area contributed by atoms with E-state index in [4.69, 9.17) is 4.42 Å². The molecule has 0 spiro atoms. The van der Waals surface area contributed by atoms with E-state index in [-0.39, 0.29) is 5.78 Å². The molecule has 0 radical (unpaired) electrons. The summed E-state index contributed by atoms with van der Waals surface area (Å²) in [6, 6.07) is 0. The van der Waals surface area contributed by atoms with E-state index in [0.29, 0.717) is 18.5 Å². The third-order valence-corrected chi connectivity index (χ3v) is 1.51. The second-order valence-corrected chi connectivity index (χ2v) is 2.25. The Morgan fingerprint density at radius 1 is 1.80 bits per heavy atom. The highest BCUT2D eigenvalue weighted by Crippen LogP contribution is 1.97. The fourth-order valence-electron chi connectivity index (χ4n) is 0.581. The predicted molar refractivity (Wildman–Crippen MR) is 39.8 cm³/mol. The Morgan fingerprint density at radius 3 is 3.10 bits per heavy atom. The summed E-state index contributed by atoms with van der Waals surface area (Å²) in [5.74, 6) is 0.611. The summed E-state index contributed by atoms with van der Waals surface area (Å²) in [7, 11) is 2.37. The molecule has 1 heterocycles. The maximum absolute atomic E-state index is 10.8. The van der Waals surface area contributed by atoms with Gasteiger partial charge in [-0.25, -0.2) is 4.98 Å². The van der Waals surface area contributed by atoms with E-state index in [2.05, 4.69) is 14.2 Å². The minimum Gasteiger partial charge on any atom is -0.449 e. The van der Waals surface area contributed by atoms with Crippen molar-refractivity contribution in [3.05, 3.63) is 18.4 Å². The lowest BCUT2D eigenvalue weighted by Crippen LogP contribution is -2.03. The van der Waals surface area contributed by atoms with Gasteiger partial charge in [0.15, 0.2) is 0 Å². The maximum atomic E-state index is 10.8. The third-order valence-electron chi connectivity index (χ3n) is 1.06. The smallest absolute Gasteiger partial charge is 0.201 e. The van der Waals surface area contributed by atoms with Crippen molar-refractivity contribution in [1.29, 1.82) is 0 Å². The van der Waals surface area contributed by atoms with Gasteiger partial charge in [0.25, 0.3) is 0 Å². The lowest BCUT2D eigenvalue weighted by Gasteiger charge is -1.89. The summed E-state index contributed by atoms with van der Waals surface area (Å²) in [4.78, 5) is 14.6. The topological polar surface area (TPSA) is 43.1 Å². The molecule has 54 valence electrons. The number of carbonyl (C=O) groups excluding carboxylic acids is 1. The second-order valence-electron chi connectivity index (χ2n) is 1.85. The van der Waals surface area contributed by atoms with Crippen LogP contribution in [0.3, 0.4) is 0 Å². The Hall–Kier alpha value is -0.690. The molecule has 0 saturated heterocycles. The molecule has 0 N–H and O–H groups in total. The van der Waals surface area contributed by atoms with Gasteiger partial charge in [-0.2, -0.15) is 0 Å². The lowest BCUT2D eigenvalue weighted by atomic mass is 10.3. The highest BCUT2D eigenvalue weighted by atomic mass is 31.0. The van der Waals surface area contributed by atoms with E-state index in [1.54, 1.807) is 0 Å². The Kier molecular flexibility index (Phi) is 2.57. The molecule has 0 aliphatic heterocycles. The van der Waals surface area contributed by atoms with Gasteiger partial charge in [0.1, 0.15) is 12.0 Å². The normalized spacial score (nSPS) is 9.70. The molecule has 3 nitrogen and oxygen atoms in total. The van der Waals surface area contributed by atoms with Crippen molar-refractivity contribution in [2.45, 2.75) is 6.42 Å². The van der Waals surface area contributed by atoms with Crippen molar-refractivity contribution in [2.75, 3.05) is 6.16 Å². The number of hydrogen-bond acceptors (Lipinski definition) is 3. The lowest BCUT2D eigenvalue weighted by molar-refractivity contribution is -0.116. The van der Waals surface area contributed by atoms with E-state index in [9.17, 15) is 4.79 Å². The average Bonchev–Trinajstić information content (AvgIpc) is 2.40. The van der Waals surface area contributed by atoms with Crippen LogP contribution >= 0.6 is 9.24 Å². The first-order valence-electron chi connectivity index (χ1n) is 2.93. The zero-order valence-electron chi connectivity index (χ0n) is 5.41. The van der Waals surface area contributed by atoms with Crippen LogP contribution in [0.2, 0.25) is 0 Å². The minimum absolute atomic E-state index is 0.118. The molecule has 1 aromatic rings. The Labute approximate surface area is 61.0 Å². The molecular weight excluding hydrogens is 149 g/mol. The molecule has 1 aromatic heterocycles. The summed E-state index contributed by atoms with van der Waals surface area (Å²) in [6.07, 6.45) is 3.76. The van der Waals surface area contributed by atoms with Gasteiger partial charge in [0.05, 0.1) is 12.6 Å². The Morgan fingerprint density at radius 2 is 2.60 bits per heavy atom. The molecule has 1 unspecified atom stereocenters. The molecule has 1 rings (SSSR count). The molecule has 0 amide bonds. The standard InChI is InChI=1S/C6H8NO2P/c8-5(4-10)3-6-7-1-2-9-6/h1-2H,3-4,10H2. The molecule has 0 fully saturated rings. The highest BCUT2D eigenvalue weighted by Gasteiger charge is 2.03. The quantitative estimate of drug-likeness (QED) is 0.605. The Balaban J connectivity index is 2.48. The SMILES string of the molecule is O=C(CP)Cc1ncco1. The molecule has 0 saturated carbocycles. The molecular formula is C6H8NO2P. The monoisotopic (exact) mass is 157 g/mol. The fraction of sp³-hybridized carbons (Fsp3) is 0.333. The molecule has 0 aromatic carbocycles. The maximum Gasteiger partial charge on any atom is 0.201 e. The first kappa shape index (κ1) is 7.42. The highest BCUT2D eigenvalue weighted by molar-refractivity contribution is 7.18. The van der Waals surface area contributed by atoms with Crippen LogP contribution in [-0.4, -0.2) is 16.9 Å². The molecule has 4 heteroatoms. The van der Waals surface area contributed by atoms with Gasteiger partial charge < -0.3 is 4.42 Å². The van der Waals surface area contributed by atoms with Gasteiger partial charge in [-0.1, -0.05) is 0 Å². The molecule has 10 heavy (non-hydrogen) atoms. The van der Waals surface area contributed by atoms with Crippen LogP contribution in [0.5, 0.6) is 0 Å². The van der Waals surface area contributed by atoms with Crippen molar-refractivity contribution in [2.24, 2.45) is 0 Å². The van der Waals surface area contributed by atoms with Gasteiger partial charge in [-0.15, -0.1) is 9.24 Å². The number of oxazole rings is 1. The third kappa shape index (κ3) is 1.92. The van der Waals surface area contributed by atoms with Crippen LogP contribution in [-0.2, 0) is 11.2 Å². The zero-order chi connectivity index (χ0) is 7.40. The number of ketones is 1. The van der Waals surface area contributed by atoms with Crippen LogP contribution in [0, 0.1) is 0 Å². The van der Waals surface area contributed by atoms with Crippen molar-refractivity contribution in [3.8, 4) is 0 Å². The van der Waals surface area contributed by atoms with Crippen LogP contribution in [0.15, 0.2) is 16.9 Å². The van der Waals surface area contributed by atoms with Gasteiger partial charge in [-0.05, 0) is 0 Å². The number of Topliss-reactive ketones (excluding diaryl/α,β-unsaturated/α-hetero) is 1. The van der Waals surface area contributed by atoms with Gasteiger partial charge >= 0.3 is 0 Å². The first-order chi connectivity index (χ1) is 4.83. The second kappa shape index (κ2) is 3.47. The van der Waals surface area contributed by atoms with E-state index in [1.807, 2.05) is 0 Å². The number of carbonyl (C=O) groups is 1. The van der Waals surface area contributed by atoms with Crippen LogP contribution in [0.4, 0.5) is 0 Å². The Bertz CT molecular complexity index is 208. The molecule has 1 atom stereocenters. The predicted octanol–water partition coefficient (Wildman–Crippen LogP) is 0.661. The summed E-state index contributed by atoms with van der Waals surface area (Å²) in [5, 5.41) is 0. The van der Waals surface area contributed by atoms with Crippen molar-refractivity contribution < 1.29 is 9.21 Å². The van der Waals surface area contributed by atoms with Crippen molar-refractivity contribution >= 4 is 15.0 Å². The summed E-state index contributed by atoms with van der Waals surface area (Å²) in [5.41, 5.74) is 0. The van der Waals surface area contributed by atoms with E-state index in [0.717, 1.165) is 0 Å². The minimum atomic E-state index is 0.118. The first-order valence-corrected chi connectivity index (χ1v) is 3.74. The van der Waals surface area contributed by atoms with Crippen LogP contribution < -0.4 is 0 Å². The fourth-order valence-corrected chi connectivity index (χ4v) is 0.725. The zero-order valence-corrected chi connectivity index (χ0v) is 6.56. The van der Waals surface area contributed by atoms with Gasteiger partial charge in [-0.3, -0.25) is 4.79 Å². The van der Waals surface area contributed by atoms with E-state index in [1.165, 1.54) is 12.5 Å². The van der Waals surface area contributed by atoms with E-state index < -0.39 is 0 Å². The molecule has 0 aliphatic rings. The molecule has 0 aliphatic carbocycles. The summed E-state index contributed by atoms with van der Waals surface area (Å²) in [6.45, 7) is 0.